The molecule has 0 saturated heterocycles. The van der Waals surface area contributed by atoms with Gasteiger partial charge >= 0.3 is 5.97 Å². The lowest BCUT2D eigenvalue weighted by molar-refractivity contribution is -0.120. The Hall–Kier alpha value is -1.60. The Balaban J connectivity index is 3.11. The van der Waals surface area contributed by atoms with E-state index in [2.05, 4.69) is 5.32 Å². The number of amides is 1. The number of carboxylic acid groups (broad SMARTS) is 1. The zero-order valence-corrected chi connectivity index (χ0v) is 13.4. The highest BCUT2D eigenvalue weighted by molar-refractivity contribution is 7.92. The van der Waals surface area contributed by atoms with Crippen LogP contribution in [-0.4, -0.2) is 36.7 Å². The lowest BCUT2D eigenvalue weighted by Crippen LogP contribution is -2.43. The summed E-state index contributed by atoms with van der Waals surface area (Å²) in [7, 11) is -4.03. The van der Waals surface area contributed by atoms with Crippen molar-refractivity contribution in [3.05, 3.63) is 28.8 Å². The summed E-state index contributed by atoms with van der Waals surface area (Å²) < 4.78 is 24.4. The van der Waals surface area contributed by atoms with Crippen LogP contribution >= 0.6 is 11.6 Å². The minimum atomic E-state index is -4.03. The molecule has 0 saturated carbocycles. The second-order valence-electron chi connectivity index (χ2n) is 5.51. The van der Waals surface area contributed by atoms with E-state index in [1.807, 2.05) is 0 Å². The van der Waals surface area contributed by atoms with E-state index in [9.17, 15) is 18.0 Å². The van der Waals surface area contributed by atoms with Crippen molar-refractivity contribution in [2.24, 2.45) is 0 Å². The molecular weight excluding hydrogens is 318 g/mol. The van der Waals surface area contributed by atoms with Crippen molar-refractivity contribution in [1.82, 2.24) is 5.32 Å². The van der Waals surface area contributed by atoms with Gasteiger partial charge in [0.1, 0.15) is 5.75 Å². The van der Waals surface area contributed by atoms with Gasteiger partial charge in [0.05, 0.1) is 15.5 Å². The molecule has 1 rings (SSSR count). The van der Waals surface area contributed by atoms with Crippen LogP contribution in [0.3, 0.4) is 0 Å². The molecule has 1 aromatic rings. The van der Waals surface area contributed by atoms with Crippen molar-refractivity contribution < 1.29 is 23.1 Å². The van der Waals surface area contributed by atoms with Gasteiger partial charge in [0, 0.05) is 5.54 Å². The van der Waals surface area contributed by atoms with Gasteiger partial charge in [0.15, 0.2) is 9.84 Å². The summed E-state index contributed by atoms with van der Waals surface area (Å²) in [6.45, 7) is 5.15. The van der Waals surface area contributed by atoms with Gasteiger partial charge < -0.3 is 10.4 Å². The lowest BCUT2D eigenvalue weighted by atomic mass is 10.1. The quantitative estimate of drug-likeness (QED) is 0.873. The molecule has 0 bridgehead atoms. The van der Waals surface area contributed by atoms with Crippen LogP contribution in [0.5, 0.6) is 0 Å². The largest absolute Gasteiger partial charge is 0.478 e. The summed E-state index contributed by atoms with van der Waals surface area (Å²) in [5.41, 5.74) is -0.784. The van der Waals surface area contributed by atoms with Crippen molar-refractivity contribution in [1.29, 1.82) is 0 Å². The molecule has 2 N–H and O–H groups in total. The van der Waals surface area contributed by atoms with Gasteiger partial charge in [0.2, 0.25) is 5.91 Å². The van der Waals surface area contributed by atoms with Crippen molar-refractivity contribution in [3.63, 3.8) is 0 Å². The summed E-state index contributed by atoms with van der Waals surface area (Å²) in [6.07, 6.45) is 0. The molecule has 116 valence electrons. The van der Waals surface area contributed by atoms with Crippen LogP contribution < -0.4 is 5.32 Å². The normalized spacial score (nSPS) is 12.0. The number of hydrogen-bond donors (Lipinski definition) is 2. The first-order chi connectivity index (χ1) is 9.42. The number of rotatable bonds is 4. The Morgan fingerprint density at radius 1 is 1.29 bits per heavy atom. The maximum atomic E-state index is 12.2. The first-order valence-corrected chi connectivity index (χ1v) is 8.02. The van der Waals surface area contributed by atoms with Gasteiger partial charge in [-0.3, -0.25) is 4.79 Å². The average molecular weight is 334 g/mol. The van der Waals surface area contributed by atoms with Crippen LogP contribution in [0.2, 0.25) is 5.02 Å². The number of sulfone groups is 1. The van der Waals surface area contributed by atoms with Crippen molar-refractivity contribution >= 4 is 33.3 Å². The van der Waals surface area contributed by atoms with E-state index in [0.29, 0.717) is 0 Å². The summed E-state index contributed by atoms with van der Waals surface area (Å²) in [6, 6.07) is 3.32. The molecule has 21 heavy (non-hydrogen) atoms. The second kappa shape index (κ2) is 6.03. The number of carbonyl (C=O) groups is 2. The number of nitrogens with one attached hydrogen (secondary N) is 1. The third kappa shape index (κ3) is 5.02. The molecule has 0 heterocycles. The topological polar surface area (TPSA) is 101 Å². The van der Waals surface area contributed by atoms with Crippen LogP contribution in [0, 0.1) is 0 Å². The first-order valence-electron chi connectivity index (χ1n) is 5.99. The van der Waals surface area contributed by atoms with E-state index in [1.54, 1.807) is 20.8 Å². The molecular formula is C13H16ClNO5S. The Bertz CT molecular complexity index is 676. The van der Waals surface area contributed by atoms with Gasteiger partial charge in [-0.1, -0.05) is 11.6 Å². The van der Waals surface area contributed by atoms with Gasteiger partial charge in [-0.2, -0.15) is 0 Å². The van der Waals surface area contributed by atoms with E-state index in [4.69, 9.17) is 16.7 Å². The van der Waals surface area contributed by atoms with Gasteiger partial charge in [-0.25, -0.2) is 13.2 Å². The standard InChI is InChI=1S/C13H16ClNO5S/c1-13(2,3)15-11(16)7-21(19,20)10-6-8(12(17)18)4-5-9(10)14/h4-6H,7H2,1-3H3,(H,15,16)(H,17,18). The molecule has 0 aromatic heterocycles. The zero-order valence-electron chi connectivity index (χ0n) is 11.8. The number of benzene rings is 1. The highest BCUT2D eigenvalue weighted by atomic mass is 35.5. The summed E-state index contributed by atoms with van der Waals surface area (Å²) in [4.78, 5) is 22.2. The maximum Gasteiger partial charge on any atom is 0.335 e. The van der Waals surface area contributed by atoms with Crippen molar-refractivity contribution in [2.45, 2.75) is 31.2 Å². The van der Waals surface area contributed by atoms with E-state index in [-0.39, 0.29) is 15.5 Å². The van der Waals surface area contributed by atoms with E-state index in [0.717, 1.165) is 6.07 Å². The third-order valence-corrected chi connectivity index (χ3v) is 4.44. The summed E-state index contributed by atoms with van der Waals surface area (Å²) >= 11 is 5.80. The molecule has 0 radical (unpaired) electrons. The van der Waals surface area contributed by atoms with E-state index >= 15 is 0 Å². The Labute approximate surface area is 128 Å². The number of hydrogen-bond acceptors (Lipinski definition) is 4. The summed E-state index contributed by atoms with van der Waals surface area (Å²) in [5, 5.41) is 11.3. The van der Waals surface area contributed by atoms with Crippen molar-refractivity contribution in [3.8, 4) is 0 Å². The van der Waals surface area contributed by atoms with E-state index < -0.39 is 33.0 Å². The third-order valence-electron chi connectivity index (χ3n) is 2.35. The molecule has 1 aromatic carbocycles. The van der Waals surface area contributed by atoms with Crippen LogP contribution in [0.1, 0.15) is 31.1 Å². The number of halogens is 1. The Morgan fingerprint density at radius 3 is 2.33 bits per heavy atom. The number of carbonyl (C=O) groups excluding carboxylic acids is 1. The fraction of sp³-hybridized carbons (Fsp3) is 0.385. The molecule has 0 aliphatic carbocycles. The number of carboxylic acids is 1. The molecule has 0 aliphatic rings. The van der Waals surface area contributed by atoms with Crippen LogP contribution in [0.25, 0.3) is 0 Å². The SMILES string of the molecule is CC(C)(C)NC(=O)CS(=O)(=O)c1cc(C(=O)O)ccc1Cl. The minimum Gasteiger partial charge on any atom is -0.478 e. The predicted octanol–water partition coefficient (Wildman–Crippen LogP) is 1.73. The smallest absolute Gasteiger partial charge is 0.335 e. The van der Waals surface area contributed by atoms with Gasteiger partial charge in [-0.15, -0.1) is 0 Å². The molecule has 0 aliphatic heterocycles. The van der Waals surface area contributed by atoms with Crippen LogP contribution in [0.15, 0.2) is 23.1 Å². The molecule has 0 spiro atoms. The average Bonchev–Trinajstić information content (AvgIpc) is 2.24. The molecule has 0 fully saturated rings. The Morgan fingerprint density at radius 2 is 1.86 bits per heavy atom. The van der Waals surface area contributed by atoms with Gasteiger partial charge in [-0.05, 0) is 39.0 Å². The lowest BCUT2D eigenvalue weighted by Gasteiger charge is -2.20. The molecule has 6 nitrogen and oxygen atoms in total. The monoisotopic (exact) mass is 333 g/mol. The molecule has 1 amide bonds. The summed E-state index contributed by atoms with van der Waals surface area (Å²) in [5.74, 6) is -2.76. The van der Waals surface area contributed by atoms with Gasteiger partial charge in [0.25, 0.3) is 0 Å². The molecule has 0 atom stereocenters. The second-order valence-corrected chi connectivity index (χ2v) is 7.87. The molecule has 8 heteroatoms. The predicted molar refractivity (Wildman–Crippen MR) is 78.4 cm³/mol. The highest BCUT2D eigenvalue weighted by Crippen LogP contribution is 2.24. The zero-order chi connectivity index (χ0) is 16.4. The first kappa shape index (κ1) is 17.5. The van der Waals surface area contributed by atoms with Crippen LogP contribution in [0.4, 0.5) is 0 Å². The maximum absolute atomic E-state index is 12.2. The van der Waals surface area contributed by atoms with Crippen molar-refractivity contribution in [2.75, 3.05) is 5.75 Å². The minimum absolute atomic E-state index is 0.122. The van der Waals surface area contributed by atoms with E-state index in [1.165, 1.54) is 12.1 Å². The fourth-order valence-corrected chi connectivity index (χ4v) is 3.29. The van der Waals surface area contributed by atoms with Crippen LogP contribution in [-0.2, 0) is 14.6 Å². The fourth-order valence-electron chi connectivity index (χ4n) is 1.58. The molecule has 0 unspecified atom stereocenters. The highest BCUT2D eigenvalue weighted by Gasteiger charge is 2.25. The number of aromatic carboxylic acids is 1. The Kier molecular flexibility index (Phi) is 5.01.